The van der Waals surface area contributed by atoms with Crippen molar-refractivity contribution in [2.75, 3.05) is 13.7 Å². The lowest BCUT2D eigenvalue weighted by molar-refractivity contribution is -0.384. The van der Waals surface area contributed by atoms with Gasteiger partial charge in [0.1, 0.15) is 6.04 Å². The summed E-state index contributed by atoms with van der Waals surface area (Å²) in [4.78, 5) is 49.0. The van der Waals surface area contributed by atoms with Crippen LogP contribution in [-0.2, 0) is 14.3 Å². The SMILES string of the molecule is CCOC(=O)N1C(=O)NC(C(C)C)=C(C(=O)OC)C1c1cccc([N+](=O)[O-])c1. The van der Waals surface area contributed by atoms with Crippen LogP contribution in [-0.4, -0.2) is 41.6 Å². The molecule has 10 heteroatoms. The van der Waals surface area contributed by atoms with Crippen LogP contribution in [0.2, 0.25) is 0 Å². The summed E-state index contributed by atoms with van der Waals surface area (Å²) < 4.78 is 9.82. The zero-order valence-corrected chi connectivity index (χ0v) is 15.9. The summed E-state index contributed by atoms with van der Waals surface area (Å²) in [6.07, 6.45) is -0.985. The molecule has 0 bridgehead atoms. The van der Waals surface area contributed by atoms with Gasteiger partial charge < -0.3 is 14.8 Å². The molecule has 0 spiro atoms. The molecule has 28 heavy (non-hydrogen) atoms. The molecule has 1 N–H and O–H groups in total. The second-order valence-electron chi connectivity index (χ2n) is 6.23. The minimum atomic E-state index is -1.24. The van der Waals surface area contributed by atoms with E-state index in [2.05, 4.69) is 5.32 Å². The number of rotatable bonds is 5. The van der Waals surface area contributed by atoms with Crippen molar-refractivity contribution in [2.24, 2.45) is 5.92 Å². The van der Waals surface area contributed by atoms with E-state index in [9.17, 15) is 24.5 Å². The number of non-ortho nitro benzene ring substituents is 1. The van der Waals surface area contributed by atoms with Crippen LogP contribution in [0.15, 0.2) is 35.5 Å². The number of methoxy groups -OCH3 is 1. The van der Waals surface area contributed by atoms with E-state index in [0.717, 1.165) is 4.90 Å². The van der Waals surface area contributed by atoms with Crippen molar-refractivity contribution in [3.63, 3.8) is 0 Å². The van der Waals surface area contributed by atoms with E-state index >= 15 is 0 Å². The first kappa shape index (κ1) is 20.9. The zero-order valence-electron chi connectivity index (χ0n) is 15.9. The topological polar surface area (TPSA) is 128 Å². The zero-order chi connectivity index (χ0) is 21.0. The van der Waals surface area contributed by atoms with Gasteiger partial charge in [-0.05, 0) is 18.4 Å². The first-order valence-electron chi connectivity index (χ1n) is 8.56. The van der Waals surface area contributed by atoms with Gasteiger partial charge in [-0.2, -0.15) is 0 Å². The van der Waals surface area contributed by atoms with E-state index in [1.807, 2.05) is 0 Å². The van der Waals surface area contributed by atoms with Crippen LogP contribution >= 0.6 is 0 Å². The van der Waals surface area contributed by atoms with Crippen LogP contribution in [0.4, 0.5) is 15.3 Å². The van der Waals surface area contributed by atoms with Gasteiger partial charge in [0.05, 0.1) is 24.2 Å². The predicted octanol–water partition coefficient (Wildman–Crippen LogP) is 2.90. The van der Waals surface area contributed by atoms with Crippen LogP contribution < -0.4 is 5.32 Å². The number of nitro benzene ring substituents is 1. The first-order valence-corrected chi connectivity index (χ1v) is 8.56. The van der Waals surface area contributed by atoms with Crippen molar-refractivity contribution in [3.05, 3.63) is 51.2 Å². The van der Waals surface area contributed by atoms with E-state index in [1.165, 1.54) is 31.4 Å². The first-order chi connectivity index (χ1) is 13.2. The number of ether oxygens (including phenoxy) is 2. The Hall–Kier alpha value is -3.43. The van der Waals surface area contributed by atoms with Gasteiger partial charge >= 0.3 is 18.1 Å². The molecular weight excluding hydrogens is 370 g/mol. The minimum Gasteiger partial charge on any atom is -0.466 e. The molecule has 0 radical (unpaired) electrons. The number of esters is 1. The number of amides is 3. The number of benzene rings is 1. The van der Waals surface area contributed by atoms with E-state index in [1.54, 1.807) is 20.8 Å². The molecule has 1 heterocycles. The Bertz CT molecular complexity index is 847. The van der Waals surface area contributed by atoms with Crippen molar-refractivity contribution in [1.29, 1.82) is 0 Å². The molecule has 0 aromatic heterocycles. The molecule has 0 saturated heterocycles. The Balaban J connectivity index is 2.77. The molecule has 1 aromatic rings. The monoisotopic (exact) mass is 391 g/mol. The number of imide groups is 1. The molecule has 0 saturated carbocycles. The minimum absolute atomic E-state index is 0.00141. The Morgan fingerprint density at radius 2 is 2.04 bits per heavy atom. The molecule has 1 aromatic carbocycles. The number of urea groups is 1. The summed E-state index contributed by atoms with van der Waals surface area (Å²) in [6.45, 7) is 5.07. The predicted molar refractivity (Wildman–Crippen MR) is 97.1 cm³/mol. The van der Waals surface area contributed by atoms with E-state index in [-0.39, 0.29) is 35.0 Å². The van der Waals surface area contributed by atoms with Gasteiger partial charge in [-0.25, -0.2) is 19.3 Å². The van der Waals surface area contributed by atoms with Crippen molar-refractivity contribution in [1.82, 2.24) is 10.2 Å². The highest BCUT2D eigenvalue weighted by molar-refractivity contribution is 6.00. The Morgan fingerprint density at radius 1 is 1.36 bits per heavy atom. The maximum atomic E-state index is 12.7. The fraction of sp³-hybridized carbons (Fsp3) is 0.389. The van der Waals surface area contributed by atoms with Crippen LogP contribution in [0.1, 0.15) is 32.4 Å². The molecule has 0 aliphatic carbocycles. The fourth-order valence-electron chi connectivity index (χ4n) is 2.93. The van der Waals surface area contributed by atoms with Crippen molar-refractivity contribution < 1.29 is 28.8 Å². The van der Waals surface area contributed by atoms with Gasteiger partial charge in [0.25, 0.3) is 5.69 Å². The van der Waals surface area contributed by atoms with Crippen molar-refractivity contribution in [3.8, 4) is 0 Å². The number of nitrogens with one attached hydrogen (secondary N) is 1. The molecule has 2 rings (SSSR count). The fourth-order valence-corrected chi connectivity index (χ4v) is 2.93. The lowest BCUT2D eigenvalue weighted by atomic mass is 9.90. The number of hydrogen-bond donors (Lipinski definition) is 1. The lowest BCUT2D eigenvalue weighted by Gasteiger charge is -2.37. The summed E-state index contributed by atoms with van der Waals surface area (Å²) in [6, 6.07) is 3.34. The quantitative estimate of drug-likeness (QED) is 0.464. The van der Waals surface area contributed by atoms with Gasteiger partial charge in [-0.15, -0.1) is 0 Å². The van der Waals surface area contributed by atoms with Gasteiger partial charge in [0.2, 0.25) is 0 Å². The maximum Gasteiger partial charge on any atom is 0.418 e. The molecule has 1 unspecified atom stereocenters. The number of nitrogens with zero attached hydrogens (tertiary/aromatic N) is 2. The lowest BCUT2D eigenvalue weighted by Crippen LogP contribution is -2.52. The van der Waals surface area contributed by atoms with E-state index in [4.69, 9.17) is 9.47 Å². The largest absolute Gasteiger partial charge is 0.466 e. The number of carbonyl (C=O) groups is 3. The smallest absolute Gasteiger partial charge is 0.418 e. The average molecular weight is 391 g/mol. The van der Waals surface area contributed by atoms with Crippen molar-refractivity contribution >= 4 is 23.8 Å². The number of nitro groups is 1. The normalized spacial score (nSPS) is 16.7. The summed E-state index contributed by atoms with van der Waals surface area (Å²) in [5.41, 5.74) is 0.234. The Labute approximate surface area is 161 Å². The summed E-state index contributed by atoms with van der Waals surface area (Å²) in [5, 5.41) is 13.7. The highest BCUT2D eigenvalue weighted by atomic mass is 16.6. The standard InChI is InChI=1S/C18H21N3O7/c1-5-28-18(24)20-15(11-7-6-8-12(9-11)21(25)26)13(16(22)27-4)14(10(2)3)19-17(20)23/h6-10,15H,5H2,1-4H3,(H,19,23). The average Bonchev–Trinajstić information content (AvgIpc) is 2.66. The summed E-state index contributed by atoms with van der Waals surface area (Å²) in [7, 11) is 1.17. The molecule has 3 amide bonds. The Kier molecular flexibility index (Phi) is 6.34. The number of carbonyl (C=O) groups excluding carboxylic acids is 3. The summed E-state index contributed by atoms with van der Waals surface area (Å²) >= 11 is 0. The summed E-state index contributed by atoms with van der Waals surface area (Å²) in [5.74, 6) is -1.06. The van der Waals surface area contributed by atoms with E-state index < -0.39 is 29.1 Å². The molecule has 10 nitrogen and oxygen atoms in total. The van der Waals surface area contributed by atoms with Crippen LogP contribution in [0.5, 0.6) is 0 Å². The molecular formula is C18H21N3O7. The molecule has 1 atom stereocenters. The van der Waals surface area contributed by atoms with Crippen LogP contribution in [0.25, 0.3) is 0 Å². The highest BCUT2D eigenvalue weighted by Crippen LogP contribution is 2.37. The highest BCUT2D eigenvalue weighted by Gasteiger charge is 2.44. The maximum absolute atomic E-state index is 12.7. The van der Waals surface area contributed by atoms with Crippen molar-refractivity contribution in [2.45, 2.75) is 26.8 Å². The van der Waals surface area contributed by atoms with Gasteiger partial charge in [-0.3, -0.25) is 10.1 Å². The second-order valence-corrected chi connectivity index (χ2v) is 6.23. The van der Waals surface area contributed by atoms with Gasteiger partial charge in [0, 0.05) is 17.8 Å². The Morgan fingerprint density at radius 3 is 2.57 bits per heavy atom. The number of allylic oxidation sites excluding steroid dienone is 1. The van der Waals surface area contributed by atoms with Crippen LogP contribution in [0, 0.1) is 16.0 Å². The van der Waals surface area contributed by atoms with E-state index in [0.29, 0.717) is 0 Å². The molecule has 1 aliphatic rings. The van der Waals surface area contributed by atoms with Crippen LogP contribution in [0.3, 0.4) is 0 Å². The third-order valence-electron chi connectivity index (χ3n) is 4.13. The third kappa shape index (κ3) is 3.95. The molecule has 1 aliphatic heterocycles. The second kappa shape index (κ2) is 8.51. The molecule has 150 valence electrons. The molecule has 0 fully saturated rings. The van der Waals surface area contributed by atoms with Gasteiger partial charge in [0.15, 0.2) is 0 Å². The number of hydrogen-bond acceptors (Lipinski definition) is 7. The van der Waals surface area contributed by atoms with Gasteiger partial charge in [-0.1, -0.05) is 26.0 Å². The third-order valence-corrected chi connectivity index (χ3v) is 4.13.